The van der Waals surface area contributed by atoms with Crippen molar-refractivity contribution in [1.29, 1.82) is 0 Å². The highest BCUT2D eigenvalue weighted by Gasteiger charge is 2.47. The van der Waals surface area contributed by atoms with Crippen LogP contribution in [0.25, 0.3) is 10.9 Å². The van der Waals surface area contributed by atoms with E-state index in [1.807, 2.05) is 38.1 Å². The molecule has 1 aliphatic carbocycles. The Bertz CT molecular complexity index is 2540. The fourth-order valence-electron chi connectivity index (χ4n) is 10.1. The van der Waals surface area contributed by atoms with Gasteiger partial charge in [-0.3, -0.25) is 29.3 Å². The van der Waals surface area contributed by atoms with Gasteiger partial charge < -0.3 is 39.4 Å². The quantitative estimate of drug-likeness (QED) is 0.164. The highest BCUT2D eigenvalue weighted by atomic mass is 35.5. The van der Waals surface area contributed by atoms with Crippen LogP contribution < -0.4 is 36.0 Å². The molecule has 3 saturated heterocycles. The van der Waals surface area contributed by atoms with Crippen molar-refractivity contribution in [2.24, 2.45) is 5.41 Å². The third-order valence-electron chi connectivity index (χ3n) is 13.6. The molecule has 0 radical (unpaired) electrons. The van der Waals surface area contributed by atoms with E-state index in [1.165, 1.54) is 7.05 Å². The first-order chi connectivity index (χ1) is 30.3. The largest absolute Gasteiger partial charge is 0.478 e. The lowest BCUT2D eigenvalue weighted by Crippen LogP contribution is -2.58. The molecule has 9 rings (SSSR count). The maximum atomic E-state index is 13.3. The molecule has 4 fully saturated rings. The Morgan fingerprint density at radius 1 is 0.984 bits per heavy atom. The van der Waals surface area contributed by atoms with Gasteiger partial charge in [0.05, 0.1) is 23.9 Å². The summed E-state index contributed by atoms with van der Waals surface area (Å²) in [6, 6.07) is 10.5. The number of rotatable bonds is 11. The summed E-state index contributed by atoms with van der Waals surface area (Å²) >= 11 is 6.61. The number of hydrogen-bond donors (Lipinski definition) is 3. The number of likely N-dealkylation sites (N-methyl/N-ethyl adjacent to an activating group) is 1. The van der Waals surface area contributed by atoms with Crippen LogP contribution in [0, 0.1) is 12.3 Å². The van der Waals surface area contributed by atoms with Crippen LogP contribution in [0.15, 0.2) is 47.4 Å². The van der Waals surface area contributed by atoms with Crippen LogP contribution in [0.4, 0.5) is 23.1 Å². The maximum Gasteiger partial charge on any atom is 0.293 e. The van der Waals surface area contributed by atoms with Gasteiger partial charge in [0.1, 0.15) is 11.1 Å². The van der Waals surface area contributed by atoms with Crippen molar-refractivity contribution >= 4 is 69.3 Å². The van der Waals surface area contributed by atoms with Crippen molar-refractivity contribution in [3.05, 3.63) is 74.7 Å². The molecular formula is C46H54ClN9O7. The molecule has 4 aromatic rings. The molecule has 1 atom stereocenters. The number of pyridine rings is 1. The summed E-state index contributed by atoms with van der Waals surface area (Å²) < 4.78 is 14.0. The average molecular weight is 880 g/mol. The lowest BCUT2D eigenvalue weighted by Gasteiger charge is -2.55. The van der Waals surface area contributed by atoms with Gasteiger partial charge in [0, 0.05) is 80.0 Å². The number of amides is 4. The summed E-state index contributed by atoms with van der Waals surface area (Å²) in [5.74, 6) is 0.0125. The monoisotopic (exact) mass is 879 g/mol. The van der Waals surface area contributed by atoms with Crippen LogP contribution in [0.1, 0.15) is 92.7 Å². The first-order valence-electron chi connectivity index (χ1n) is 22.0. The van der Waals surface area contributed by atoms with Crippen molar-refractivity contribution in [3.8, 4) is 5.75 Å². The molecule has 1 unspecified atom stereocenters. The molecule has 16 nitrogen and oxygen atoms in total. The zero-order valence-corrected chi connectivity index (χ0v) is 36.9. The highest BCUT2D eigenvalue weighted by molar-refractivity contribution is 6.33. The van der Waals surface area contributed by atoms with E-state index in [0.717, 1.165) is 92.4 Å². The van der Waals surface area contributed by atoms with Crippen LogP contribution in [0.2, 0.25) is 5.02 Å². The number of nitrogens with one attached hydrogen (secondary N) is 3. The number of ether oxygens (including phenoxy) is 2. The van der Waals surface area contributed by atoms with E-state index in [1.54, 1.807) is 21.7 Å². The molecule has 3 N–H and O–H groups in total. The number of hydrogen-bond acceptors (Lipinski definition) is 12. The maximum absolute atomic E-state index is 13.3. The number of benzene rings is 2. The third-order valence-corrected chi connectivity index (χ3v) is 13.9. The lowest BCUT2D eigenvalue weighted by molar-refractivity contribution is -0.137. The number of imide groups is 1. The second-order valence-electron chi connectivity index (χ2n) is 18.0. The summed E-state index contributed by atoms with van der Waals surface area (Å²) in [7, 11) is 1.52. The van der Waals surface area contributed by atoms with Gasteiger partial charge in [-0.15, -0.1) is 0 Å². The Hall–Kier alpha value is -5.74. The topological polar surface area (TPSA) is 180 Å². The van der Waals surface area contributed by atoms with E-state index in [9.17, 15) is 24.0 Å². The van der Waals surface area contributed by atoms with Crippen LogP contribution in [-0.2, 0) is 25.7 Å². The first kappa shape index (κ1) is 42.6. The molecule has 332 valence electrons. The number of carbonyl (C=O) groups excluding carboxylic acids is 4. The molecule has 2 aromatic heterocycles. The SMILES string of the molecule is CNC(=O)COc1cc2cc(Nc3nc(N4CCC(OC5CCC6(CC5)CN(c5ccc7c(c5C)CN(C5CCC(=O)NC5=O)C7=O)C6)CC4)ncc3Cl)ccc2n(C(C)C)c1=O. The van der Waals surface area contributed by atoms with Gasteiger partial charge in [-0.25, -0.2) is 4.98 Å². The number of carbonyl (C=O) groups is 4. The summed E-state index contributed by atoms with van der Waals surface area (Å²) in [5, 5.41) is 9.37. The van der Waals surface area contributed by atoms with Crippen molar-refractivity contribution < 1.29 is 28.7 Å². The standard InChI is InChI=1S/C46H54ClN9O7/c1-26(2)56-36-7-5-29(19-28(36)20-38(44(56)61)62-23-40(58)48-4)50-41-34(47)21-49-45(52-41)53-17-13-31(14-18-53)63-30-11-15-46(16-12-30)24-54(25-46)35-8-6-32-33(27(35)3)22-55(43(32)60)37-9-10-39(57)51-42(37)59/h5-8,19-21,26,30-31,37H,9-18,22-25H2,1-4H3,(H,48,58)(H,49,50,52)(H,51,57,59). The van der Waals surface area contributed by atoms with Crippen LogP contribution in [-0.4, -0.2) is 101 Å². The molecule has 4 amide bonds. The molecule has 0 bridgehead atoms. The van der Waals surface area contributed by atoms with E-state index in [-0.39, 0.29) is 71.6 Å². The van der Waals surface area contributed by atoms with Crippen LogP contribution >= 0.6 is 11.6 Å². The molecule has 6 heterocycles. The van der Waals surface area contributed by atoms with Gasteiger partial charge in [-0.2, -0.15) is 4.98 Å². The van der Waals surface area contributed by atoms with E-state index < -0.39 is 6.04 Å². The van der Waals surface area contributed by atoms with Crippen molar-refractivity contribution in [2.75, 3.05) is 55.0 Å². The third kappa shape index (κ3) is 8.30. The Kier molecular flexibility index (Phi) is 11.5. The van der Waals surface area contributed by atoms with Crippen LogP contribution in [0.5, 0.6) is 5.75 Å². The summed E-state index contributed by atoms with van der Waals surface area (Å²) in [6.45, 7) is 9.54. The van der Waals surface area contributed by atoms with Crippen molar-refractivity contribution in [3.63, 3.8) is 0 Å². The smallest absolute Gasteiger partial charge is 0.293 e. The van der Waals surface area contributed by atoms with E-state index in [2.05, 4.69) is 43.7 Å². The normalized spacial score (nSPS) is 20.3. The second kappa shape index (κ2) is 17.1. The molecule has 1 spiro atoms. The number of aromatic nitrogens is 3. The van der Waals surface area contributed by atoms with E-state index in [4.69, 9.17) is 26.1 Å². The first-order valence-corrected chi connectivity index (χ1v) is 22.4. The van der Waals surface area contributed by atoms with Gasteiger partial charge in [-0.05, 0) is 113 Å². The average Bonchev–Trinajstić information content (AvgIpc) is 3.59. The second-order valence-corrected chi connectivity index (χ2v) is 18.4. The van der Waals surface area contributed by atoms with E-state index >= 15 is 0 Å². The van der Waals surface area contributed by atoms with Gasteiger partial charge >= 0.3 is 0 Å². The van der Waals surface area contributed by atoms with Crippen LogP contribution in [0.3, 0.4) is 0 Å². The minimum absolute atomic E-state index is 0.0938. The fraction of sp³-hybridized carbons (Fsp3) is 0.500. The minimum Gasteiger partial charge on any atom is -0.478 e. The van der Waals surface area contributed by atoms with Gasteiger partial charge in [0.15, 0.2) is 18.2 Å². The molecular weight excluding hydrogens is 826 g/mol. The number of nitrogens with zero attached hydrogens (tertiary/aromatic N) is 6. The number of fused-ring (bicyclic) bond motifs is 2. The molecule has 4 aliphatic heterocycles. The highest BCUT2D eigenvalue weighted by Crippen LogP contribution is 2.48. The number of piperidine rings is 2. The number of anilines is 4. The summed E-state index contributed by atoms with van der Waals surface area (Å²) in [6.07, 6.45) is 8.69. The molecule has 2 aromatic carbocycles. The number of halogens is 1. The fourth-order valence-corrected chi connectivity index (χ4v) is 10.3. The Labute approximate surface area is 370 Å². The predicted octanol–water partition coefficient (Wildman–Crippen LogP) is 5.40. The molecule has 5 aliphatic rings. The van der Waals surface area contributed by atoms with Gasteiger partial charge in [0.25, 0.3) is 17.4 Å². The summed E-state index contributed by atoms with van der Waals surface area (Å²) in [5.41, 5.74) is 5.31. The van der Waals surface area contributed by atoms with Gasteiger partial charge in [0.2, 0.25) is 17.8 Å². The van der Waals surface area contributed by atoms with E-state index in [0.29, 0.717) is 41.0 Å². The summed E-state index contributed by atoms with van der Waals surface area (Å²) in [4.78, 5) is 78.3. The zero-order valence-electron chi connectivity index (χ0n) is 36.2. The Morgan fingerprint density at radius 3 is 2.44 bits per heavy atom. The van der Waals surface area contributed by atoms with Crippen molar-refractivity contribution in [1.82, 2.24) is 30.1 Å². The Balaban J connectivity index is 0.767. The zero-order chi connectivity index (χ0) is 44.2. The van der Waals surface area contributed by atoms with Gasteiger partial charge in [-0.1, -0.05) is 11.6 Å². The lowest BCUT2D eigenvalue weighted by atomic mass is 9.67. The molecule has 17 heteroatoms. The molecule has 1 saturated carbocycles. The molecule has 63 heavy (non-hydrogen) atoms. The van der Waals surface area contributed by atoms with Crippen molar-refractivity contribution in [2.45, 2.75) is 103 Å². The predicted molar refractivity (Wildman–Crippen MR) is 239 cm³/mol. The minimum atomic E-state index is -0.614. The Morgan fingerprint density at radius 2 is 1.73 bits per heavy atom.